The van der Waals surface area contributed by atoms with Crippen molar-refractivity contribution in [1.29, 1.82) is 0 Å². The standard InChI is InChI=1S/C24H24N2OS/c1-17-5-4-7-20(15-17)25-11-13-26(14-12-25)24(27)22-16-19-10-9-18-6-2-3-8-21(18)23(19)28-22/h2-8,15-16H,9-14H2,1H3. The Bertz CT molecular complexity index is 1030. The van der Waals surface area contributed by atoms with Crippen molar-refractivity contribution in [2.24, 2.45) is 0 Å². The number of nitrogens with zero attached hydrogens (tertiary/aromatic N) is 2. The van der Waals surface area contributed by atoms with E-state index in [-0.39, 0.29) is 5.91 Å². The second-order valence-corrected chi connectivity index (χ2v) is 8.79. The van der Waals surface area contributed by atoms with E-state index in [1.165, 1.54) is 32.8 Å². The smallest absolute Gasteiger partial charge is 0.264 e. The van der Waals surface area contributed by atoms with Crippen LogP contribution in [0.4, 0.5) is 5.69 Å². The third kappa shape index (κ3) is 3.12. The maximum absolute atomic E-state index is 13.1. The zero-order valence-electron chi connectivity index (χ0n) is 16.1. The van der Waals surface area contributed by atoms with Gasteiger partial charge >= 0.3 is 0 Å². The molecule has 0 radical (unpaired) electrons. The summed E-state index contributed by atoms with van der Waals surface area (Å²) in [6.07, 6.45) is 2.11. The molecule has 0 bridgehead atoms. The van der Waals surface area contributed by atoms with Crippen molar-refractivity contribution < 1.29 is 4.79 Å². The van der Waals surface area contributed by atoms with E-state index in [9.17, 15) is 4.79 Å². The van der Waals surface area contributed by atoms with Gasteiger partial charge in [-0.05, 0) is 60.2 Å². The summed E-state index contributed by atoms with van der Waals surface area (Å²) in [5.41, 5.74) is 6.60. The summed E-state index contributed by atoms with van der Waals surface area (Å²) < 4.78 is 0. The molecule has 3 nitrogen and oxygen atoms in total. The van der Waals surface area contributed by atoms with E-state index >= 15 is 0 Å². The number of hydrogen-bond donors (Lipinski definition) is 0. The second kappa shape index (κ2) is 7.10. The first-order valence-electron chi connectivity index (χ1n) is 10.0. The van der Waals surface area contributed by atoms with E-state index in [2.05, 4.69) is 66.4 Å². The zero-order valence-corrected chi connectivity index (χ0v) is 17.0. The minimum absolute atomic E-state index is 0.195. The zero-order chi connectivity index (χ0) is 19.1. The quantitative estimate of drug-likeness (QED) is 0.630. The Morgan fingerprint density at radius 3 is 2.50 bits per heavy atom. The van der Waals surface area contributed by atoms with Crippen LogP contribution >= 0.6 is 11.3 Å². The average Bonchev–Trinajstić information content (AvgIpc) is 3.18. The number of aryl methyl sites for hydroxylation is 3. The number of piperazine rings is 1. The normalized spacial score (nSPS) is 15.9. The van der Waals surface area contributed by atoms with Gasteiger partial charge in [0.15, 0.2) is 0 Å². The topological polar surface area (TPSA) is 23.6 Å². The first-order valence-corrected chi connectivity index (χ1v) is 10.8. The third-order valence-electron chi connectivity index (χ3n) is 5.88. The molecule has 1 aliphatic heterocycles. The summed E-state index contributed by atoms with van der Waals surface area (Å²) >= 11 is 1.67. The number of thiophene rings is 1. The summed E-state index contributed by atoms with van der Waals surface area (Å²) in [6, 6.07) is 19.4. The lowest BCUT2D eigenvalue weighted by Gasteiger charge is -2.36. The molecule has 0 unspecified atom stereocenters. The summed E-state index contributed by atoms with van der Waals surface area (Å²) in [6.45, 7) is 5.48. The number of hydrogen-bond acceptors (Lipinski definition) is 3. The van der Waals surface area contributed by atoms with Gasteiger partial charge < -0.3 is 9.80 Å². The van der Waals surface area contributed by atoms with Crippen LogP contribution < -0.4 is 4.90 Å². The molecule has 1 aliphatic carbocycles. The van der Waals surface area contributed by atoms with Crippen LogP contribution in [0.5, 0.6) is 0 Å². The van der Waals surface area contributed by atoms with Crippen LogP contribution in [0.15, 0.2) is 54.6 Å². The predicted molar refractivity (Wildman–Crippen MR) is 116 cm³/mol. The molecule has 0 saturated carbocycles. The largest absolute Gasteiger partial charge is 0.368 e. The molecular weight excluding hydrogens is 364 g/mol. The Balaban J connectivity index is 1.32. The Hall–Kier alpha value is -2.59. The summed E-state index contributed by atoms with van der Waals surface area (Å²) in [7, 11) is 0. The summed E-state index contributed by atoms with van der Waals surface area (Å²) in [5, 5.41) is 0. The monoisotopic (exact) mass is 388 g/mol. The van der Waals surface area contributed by atoms with E-state index in [0.29, 0.717) is 0 Å². The predicted octanol–water partition coefficient (Wildman–Crippen LogP) is 4.78. The van der Waals surface area contributed by atoms with Crippen molar-refractivity contribution >= 4 is 22.9 Å². The fraction of sp³-hybridized carbons (Fsp3) is 0.292. The van der Waals surface area contributed by atoms with Crippen molar-refractivity contribution in [3.8, 4) is 10.4 Å². The molecule has 5 rings (SSSR count). The summed E-state index contributed by atoms with van der Waals surface area (Å²) in [5.74, 6) is 0.195. The molecule has 2 aliphatic rings. The number of amides is 1. The highest BCUT2D eigenvalue weighted by molar-refractivity contribution is 7.17. The fourth-order valence-electron chi connectivity index (χ4n) is 4.33. The van der Waals surface area contributed by atoms with Gasteiger partial charge in [0.25, 0.3) is 5.91 Å². The van der Waals surface area contributed by atoms with Gasteiger partial charge in [-0.15, -0.1) is 11.3 Å². The maximum atomic E-state index is 13.1. The molecule has 28 heavy (non-hydrogen) atoms. The number of anilines is 1. The van der Waals surface area contributed by atoms with E-state index in [0.717, 1.165) is 43.9 Å². The van der Waals surface area contributed by atoms with Crippen molar-refractivity contribution in [3.05, 3.63) is 76.2 Å². The number of carbonyl (C=O) groups is 1. The van der Waals surface area contributed by atoms with E-state index in [1.54, 1.807) is 11.3 Å². The Morgan fingerprint density at radius 1 is 0.893 bits per heavy atom. The maximum Gasteiger partial charge on any atom is 0.264 e. The molecule has 0 N–H and O–H groups in total. The molecule has 0 spiro atoms. The first kappa shape index (κ1) is 17.5. The Morgan fingerprint density at radius 2 is 1.68 bits per heavy atom. The molecule has 4 heteroatoms. The van der Waals surface area contributed by atoms with Crippen LogP contribution in [0.1, 0.15) is 26.4 Å². The highest BCUT2D eigenvalue weighted by Crippen LogP contribution is 2.39. The van der Waals surface area contributed by atoms with Gasteiger partial charge in [-0.3, -0.25) is 4.79 Å². The van der Waals surface area contributed by atoms with Gasteiger partial charge in [0.1, 0.15) is 0 Å². The summed E-state index contributed by atoms with van der Waals surface area (Å²) in [4.78, 5) is 19.7. The van der Waals surface area contributed by atoms with Crippen molar-refractivity contribution in [3.63, 3.8) is 0 Å². The Labute approximate surface area is 170 Å². The SMILES string of the molecule is Cc1cccc(N2CCN(C(=O)c3cc4c(s3)-c3ccccc3CC4)CC2)c1. The van der Waals surface area contributed by atoms with Gasteiger partial charge in [-0.1, -0.05) is 36.4 Å². The van der Waals surface area contributed by atoms with Gasteiger partial charge in [-0.25, -0.2) is 0 Å². The van der Waals surface area contributed by atoms with Crippen LogP contribution in [-0.4, -0.2) is 37.0 Å². The van der Waals surface area contributed by atoms with Crippen LogP contribution in [0.2, 0.25) is 0 Å². The lowest BCUT2D eigenvalue weighted by molar-refractivity contribution is 0.0751. The molecule has 1 aromatic heterocycles. The molecule has 2 heterocycles. The number of carbonyl (C=O) groups excluding carboxylic acids is 1. The molecule has 3 aromatic rings. The van der Waals surface area contributed by atoms with Gasteiger partial charge in [0.05, 0.1) is 4.88 Å². The molecule has 1 fully saturated rings. The van der Waals surface area contributed by atoms with Crippen LogP contribution in [-0.2, 0) is 12.8 Å². The van der Waals surface area contributed by atoms with Crippen LogP contribution in [0.25, 0.3) is 10.4 Å². The van der Waals surface area contributed by atoms with Crippen molar-refractivity contribution in [1.82, 2.24) is 4.90 Å². The van der Waals surface area contributed by atoms with Crippen LogP contribution in [0.3, 0.4) is 0 Å². The molecular formula is C24H24N2OS. The lowest BCUT2D eigenvalue weighted by Crippen LogP contribution is -2.48. The highest BCUT2D eigenvalue weighted by Gasteiger charge is 2.26. The van der Waals surface area contributed by atoms with Gasteiger partial charge in [0, 0.05) is 36.7 Å². The van der Waals surface area contributed by atoms with E-state index in [1.807, 2.05) is 4.90 Å². The van der Waals surface area contributed by atoms with E-state index < -0.39 is 0 Å². The second-order valence-electron chi connectivity index (χ2n) is 7.74. The minimum atomic E-state index is 0.195. The molecule has 1 amide bonds. The molecule has 142 valence electrons. The minimum Gasteiger partial charge on any atom is -0.368 e. The number of fused-ring (bicyclic) bond motifs is 3. The first-order chi connectivity index (χ1) is 13.7. The third-order valence-corrected chi connectivity index (χ3v) is 7.08. The van der Waals surface area contributed by atoms with Gasteiger partial charge in [-0.2, -0.15) is 0 Å². The molecule has 1 saturated heterocycles. The van der Waals surface area contributed by atoms with Crippen molar-refractivity contribution in [2.45, 2.75) is 19.8 Å². The molecule has 2 aromatic carbocycles. The van der Waals surface area contributed by atoms with Crippen LogP contribution in [0, 0.1) is 6.92 Å². The van der Waals surface area contributed by atoms with Crippen molar-refractivity contribution in [2.75, 3.05) is 31.1 Å². The number of benzene rings is 2. The number of rotatable bonds is 2. The lowest BCUT2D eigenvalue weighted by atomic mass is 9.91. The fourth-order valence-corrected chi connectivity index (χ4v) is 5.56. The van der Waals surface area contributed by atoms with E-state index in [4.69, 9.17) is 0 Å². The Kier molecular flexibility index (Phi) is 4.44. The van der Waals surface area contributed by atoms with Gasteiger partial charge in [0.2, 0.25) is 0 Å². The highest BCUT2D eigenvalue weighted by atomic mass is 32.1. The average molecular weight is 389 g/mol. The molecule has 0 atom stereocenters.